The third-order valence-corrected chi connectivity index (χ3v) is 6.47. The minimum absolute atomic E-state index is 0.0989. The normalized spacial score (nSPS) is 17.0. The van der Waals surface area contributed by atoms with Crippen LogP contribution in [0.1, 0.15) is 27.4 Å². The van der Waals surface area contributed by atoms with E-state index in [1.165, 1.54) is 0 Å². The summed E-state index contributed by atoms with van der Waals surface area (Å²) < 4.78 is 5.95. The van der Waals surface area contributed by atoms with Crippen LogP contribution in [-0.4, -0.2) is 15.8 Å². The molecule has 5 heteroatoms. The molecule has 31 heavy (non-hydrogen) atoms. The fourth-order valence-corrected chi connectivity index (χ4v) is 5.19. The van der Waals surface area contributed by atoms with Crippen LogP contribution in [-0.2, 0) is 0 Å². The van der Waals surface area contributed by atoms with E-state index < -0.39 is 0 Å². The van der Waals surface area contributed by atoms with Gasteiger partial charge in [-0.05, 0) is 23.8 Å². The number of benzene rings is 3. The number of para-hydroxylation sites is 3. The zero-order chi connectivity index (χ0) is 20.7. The number of nitrogens with two attached hydrogens (primary N) is 1. The molecule has 0 radical (unpaired) electrons. The van der Waals surface area contributed by atoms with Crippen molar-refractivity contribution in [2.75, 3.05) is 0 Å². The minimum Gasteiger partial charge on any atom is -0.441 e. The average Bonchev–Trinajstić information content (AvgIpc) is 3.33. The molecule has 5 nitrogen and oxygen atoms in total. The Morgan fingerprint density at radius 1 is 0.774 bits per heavy atom. The van der Waals surface area contributed by atoms with Crippen LogP contribution in [0.25, 0.3) is 33.2 Å². The molecule has 4 N–H and O–H groups in total. The lowest BCUT2D eigenvalue weighted by molar-refractivity contribution is 0.102. The van der Waals surface area contributed by atoms with E-state index in [0.29, 0.717) is 16.9 Å². The fourth-order valence-electron chi connectivity index (χ4n) is 5.19. The Bertz CT molecular complexity index is 1600. The molecule has 2 aromatic heterocycles. The van der Waals surface area contributed by atoms with Crippen molar-refractivity contribution in [2.24, 2.45) is 5.73 Å². The van der Waals surface area contributed by atoms with Crippen molar-refractivity contribution >= 4 is 27.6 Å². The number of fused-ring (bicyclic) bond motifs is 11. The van der Waals surface area contributed by atoms with Gasteiger partial charge < -0.3 is 20.4 Å². The first-order valence-corrected chi connectivity index (χ1v) is 10.2. The topological polar surface area (TPSA) is 83.9 Å². The number of hydrogen-bond donors (Lipinski definition) is 3. The van der Waals surface area contributed by atoms with Gasteiger partial charge in [0, 0.05) is 33.3 Å². The number of aromatic amines is 2. The Morgan fingerprint density at radius 3 is 2.26 bits per heavy atom. The number of rotatable bonds is 0. The third-order valence-electron chi connectivity index (χ3n) is 6.47. The first kappa shape index (κ1) is 16.5. The Hall–Kier alpha value is -4.25. The number of carbonyl (C=O) groups is 1. The van der Waals surface area contributed by atoms with Crippen LogP contribution in [0.3, 0.4) is 0 Å². The van der Waals surface area contributed by atoms with Crippen LogP contribution >= 0.6 is 0 Å². The molecule has 0 bridgehead atoms. The highest BCUT2D eigenvalue weighted by Crippen LogP contribution is 2.52. The number of H-pyrrole nitrogens is 2. The van der Waals surface area contributed by atoms with Crippen molar-refractivity contribution < 1.29 is 9.53 Å². The van der Waals surface area contributed by atoms with Gasteiger partial charge in [0.2, 0.25) is 0 Å². The van der Waals surface area contributed by atoms with Crippen LogP contribution in [0.15, 0.2) is 84.3 Å². The van der Waals surface area contributed by atoms with E-state index >= 15 is 0 Å². The van der Waals surface area contributed by atoms with Crippen LogP contribution in [0.2, 0.25) is 0 Å². The Labute approximate surface area is 177 Å². The molecule has 1 aliphatic carbocycles. The third kappa shape index (κ3) is 2.02. The van der Waals surface area contributed by atoms with Crippen LogP contribution < -0.4 is 10.5 Å². The summed E-state index contributed by atoms with van der Waals surface area (Å²) >= 11 is 0. The van der Waals surface area contributed by atoms with Gasteiger partial charge in [0.05, 0.1) is 22.5 Å². The molecule has 1 atom stereocenters. The minimum atomic E-state index is -0.317. The summed E-state index contributed by atoms with van der Waals surface area (Å²) in [6, 6.07) is 23.9. The van der Waals surface area contributed by atoms with Gasteiger partial charge in [-0.3, -0.25) is 4.79 Å². The number of hydrogen-bond acceptors (Lipinski definition) is 3. The second kappa shape index (κ2) is 5.67. The van der Waals surface area contributed by atoms with Gasteiger partial charge in [-0.15, -0.1) is 0 Å². The van der Waals surface area contributed by atoms with E-state index in [1.54, 1.807) is 0 Å². The molecule has 0 saturated heterocycles. The number of allylic oxidation sites excluding steroid dienone is 1. The van der Waals surface area contributed by atoms with Gasteiger partial charge >= 0.3 is 0 Å². The van der Waals surface area contributed by atoms with E-state index in [-0.39, 0.29) is 17.6 Å². The van der Waals surface area contributed by atoms with Gasteiger partial charge in [0.1, 0.15) is 5.75 Å². The average molecular weight is 403 g/mol. The van der Waals surface area contributed by atoms with E-state index in [0.717, 1.165) is 44.3 Å². The lowest BCUT2D eigenvalue weighted by Gasteiger charge is -2.28. The Kier molecular flexibility index (Phi) is 3.02. The molecular weight excluding hydrogens is 386 g/mol. The summed E-state index contributed by atoms with van der Waals surface area (Å²) in [6.45, 7) is 0. The quantitative estimate of drug-likeness (QED) is 0.332. The van der Waals surface area contributed by atoms with Crippen molar-refractivity contribution in [3.63, 3.8) is 0 Å². The molecule has 7 rings (SSSR count). The summed E-state index contributed by atoms with van der Waals surface area (Å²) in [4.78, 5) is 21.1. The smallest absolute Gasteiger partial charge is 0.199 e. The molecule has 3 heterocycles. The fraction of sp³-hybridized carbons (Fsp3) is 0.0385. The summed E-state index contributed by atoms with van der Waals surface area (Å²) in [5, 5.41) is 1.95. The zero-order valence-corrected chi connectivity index (χ0v) is 16.4. The molecule has 3 aromatic carbocycles. The highest BCUT2D eigenvalue weighted by molar-refractivity contribution is 6.23. The number of ether oxygens (including phenoxy) is 1. The molecule has 2 aliphatic rings. The highest BCUT2D eigenvalue weighted by Gasteiger charge is 2.42. The molecule has 1 unspecified atom stereocenters. The van der Waals surface area contributed by atoms with Crippen molar-refractivity contribution in [3.8, 4) is 17.1 Å². The maximum absolute atomic E-state index is 14.0. The van der Waals surface area contributed by atoms with Gasteiger partial charge in [-0.25, -0.2) is 0 Å². The molecular formula is C26H17N3O2. The standard InChI is InChI=1S/C26H17N3O2/c27-26-22-19(15-9-3-6-12-18(15)31-26)20-13-7-1-4-10-16(13)28-23(20)24-21(25(22)30)14-8-2-5-11-17(14)29-24/h1-12,19,28-29H,27H2. The first-order valence-electron chi connectivity index (χ1n) is 10.2. The molecule has 0 fully saturated rings. The van der Waals surface area contributed by atoms with E-state index in [2.05, 4.69) is 22.1 Å². The van der Waals surface area contributed by atoms with Crippen molar-refractivity contribution in [3.05, 3.63) is 101 Å². The number of nitrogens with one attached hydrogen (secondary N) is 2. The second-order valence-electron chi connectivity index (χ2n) is 8.06. The predicted molar refractivity (Wildman–Crippen MR) is 120 cm³/mol. The van der Waals surface area contributed by atoms with Gasteiger partial charge in [-0.1, -0.05) is 54.6 Å². The molecule has 5 aromatic rings. The predicted octanol–water partition coefficient (Wildman–Crippen LogP) is 5.21. The van der Waals surface area contributed by atoms with Gasteiger partial charge in [0.15, 0.2) is 11.7 Å². The molecule has 0 amide bonds. The largest absolute Gasteiger partial charge is 0.441 e. The lowest BCUT2D eigenvalue weighted by Crippen LogP contribution is -2.25. The first-order chi connectivity index (χ1) is 15.2. The number of ketones is 1. The van der Waals surface area contributed by atoms with E-state index in [9.17, 15) is 4.79 Å². The SMILES string of the molecule is NC1=C2C(=O)c3c([nH]c4ccccc34)-c3[nH]c4ccccc4c3C2c2ccccc2O1. The number of Topliss-reactive ketones (excluding diaryl/α,β-unsaturated/α-hetero) is 1. The summed E-state index contributed by atoms with van der Waals surface area (Å²) in [5.74, 6) is 0.442. The van der Waals surface area contributed by atoms with Gasteiger partial charge in [-0.2, -0.15) is 0 Å². The lowest BCUT2D eigenvalue weighted by atomic mass is 9.80. The van der Waals surface area contributed by atoms with Crippen LogP contribution in [0, 0.1) is 0 Å². The summed E-state index contributed by atoms with van der Waals surface area (Å²) in [5.41, 5.74) is 13.2. The maximum Gasteiger partial charge on any atom is 0.199 e. The number of carbonyl (C=O) groups excluding carboxylic acids is 1. The molecule has 1 aliphatic heterocycles. The maximum atomic E-state index is 14.0. The van der Waals surface area contributed by atoms with E-state index in [4.69, 9.17) is 10.5 Å². The van der Waals surface area contributed by atoms with Gasteiger partial charge in [0.25, 0.3) is 0 Å². The van der Waals surface area contributed by atoms with Crippen molar-refractivity contribution in [1.29, 1.82) is 0 Å². The van der Waals surface area contributed by atoms with Crippen LogP contribution in [0.5, 0.6) is 5.75 Å². The monoisotopic (exact) mass is 403 g/mol. The number of aromatic nitrogens is 2. The Balaban J connectivity index is 1.70. The molecule has 148 valence electrons. The Morgan fingerprint density at radius 2 is 1.42 bits per heavy atom. The molecule has 0 spiro atoms. The van der Waals surface area contributed by atoms with Crippen molar-refractivity contribution in [1.82, 2.24) is 9.97 Å². The van der Waals surface area contributed by atoms with Crippen molar-refractivity contribution in [2.45, 2.75) is 5.92 Å². The molecule has 0 saturated carbocycles. The second-order valence-corrected chi connectivity index (χ2v) is 8.06. The summed E-state index contributed by atoms with van der Waals surface area (Å²) in [7, 11) is 0. The summed E-state index contributed by atoms with van der Waals surface area (Å²) in [6.07, 6.45) is 0. The van der Waals surface area contributed by atoms with Crippen LogP contribution in [0.4, 0.5) is 0 Å². The highest BCUT2D eigenvalue weighted by atomic mass is 16.5. The zero-order valence-electron chi connectivity index (χ0n) is 16.4. The van der Waals surface area contributed by atoms with E-state index in [1.807, 2.05) is 60.7 Å².